The van der Waals surface area contributed by atoms with Crippen molar-refractivity contribution < 1.29 is 4.74 Å². The molecular formula is C50H34N2OSSi. The van der Waals surface area contributed by atoms with Crippen LogP contribution in [0.5, 0.6) is 6.01 Å². The van der Waals surface area contributed by atoms with E-state index in [0.29, 0.717) is 12.6 Å². The van der Waals surface area contributed by atoms with E-state index < -0.39 is 8.07 Å². The van der Waals surface area contributed by atoms with Gasteiger partial charge < -0.3 is 4.74 Å². The first-order valence-electron chi connectivity index (χ1n) is 18.7. The number of hydrogen-bond donors (Lipinski definition) is 0. The summed E-state index contributed by atoms with van der Waals surface area (Å²) in [6.07, 6.45) is 0. The van der Waals surface area contributed by atoms with Gasteiger partial charge in [0.05, 0.1) is 16.7 Å². The predicted octanol–water partition coefficient (Wildman–Crippen LogP) is 10.00. The summed E-state index contributed by atoms with van der Waals surface area (Å²) < 4.78 is 10.9. The smallest absolute Gasteiger partial charge is 0.302 e. The molecule has 8 aromatic carbocycles. The molecule has 0 atom stereocenters. The Morgan fingerprint density at radius 3 is 1.80 bits per heavy atom. The van der Waals surface area contributed by atoms with Gasteiger partial charge in [-0.1, -0.05) is 158 Å². The minimum atomic E-state index is -2.86. The molecular weight excluding hydrogens is 705 g/mol. The summed E-state index contributed by atoms with van der Waals surface area (Å²) in [6, 6.07) is 72.5. The number of ether oxygens (including phenoxy) is 1. The summed E-state index contributed by atoms with van der Waals surface area (Å²) in [5.41, 5.74) is 9.08. The van der Waals surface area contributed by atoms with Crippen molar-refractivity contribution in [2.45, 2.75) is 6.61 Å². The Labute approximate surface area is 324 Å². The maximum absolute atomic E-state index is 6.13. The third kappa shape index (κ3) is 5.12. The number of benzene rings is 8. The largest absolute Gasteiger partial charge is 0.459 e. The number of thiophene rings is 1. The molecule has 3 heterocycles. The van der Waals surface area contributed by atoms with Crippen molar-refractivity contribution >= 4 is 71.4 Å². The van der Waals surface area contributed by atoms with Gasteiger partial charge in [-0.2, -0.15) is 4.98 Å². The summed E-state index contributed by atoms with van der Waals surface area (Å²) in [5.74, 6) is 0. The van der Waals surface area contributed by atoms with Gasteiger partial charge in [0.15, 0.2) is 8.07 Å². The SMILES string of the molecule is c1ccc([Si](c2ccccc2)(c2cccc(-c3ccc4c(c3)-n3c(nc5ccccc53)OC4)c2)c2cccc(-c3ccc4sc5ccccc5c4c3)c2)cc1. The first-order chi connectivity index (χ1) is 27.2. The van der Waals surface area contributed by atoms with Crippen LogP contribution in [0.4, 0.5) is 0 Å². The van der Waals surface area contributed by atoms with Gasteiger partial charge >= 0.3 is 6.01 Å². The molecule has 0 saturated heterocycles. The molecule has 1 aliphatic rings. The zero-order valence-electron chi connectivity index (χ0n) is 29.9. The van der Waals surface area contributed by atoms with Crippen LogP contribution in [-0.4, -0.2) is 17.6 Å². The second-order valence-corrected chi connectivity index (χ2v) is 19.2. The zero-order chi connectivity index (χ0) is 36.3. The topological polar surface area (TPSA) is 27.1 Å². The summed E-state index contributed by atoms with van der Waals surface area (Å²) in [7, 11) is -2.86. The van der Waals surface area contributed by atoms with Crippen molar-refractivity contribution in [3.63, 3.8) is 0 Å². The molecule has 3 nitrogen and oxygen atoms in total. The van der Waals surface area contributed by atoms with Gasteiger partial charge in [0.25, 0.3) is 0 Å². The van der Waals surface area contributed by atoms with Crippen LogP contribution in [0, 0.1) is 0 Å². The fourth-order valence-electron chi connectivity index (χ4n) is 8.70. The van der Waals surface area contributed by atoms with Gasteiger partial charge in [-0.15, -0.1) is 11.3 Å². The van der Waals surface area contributed by atoms with Crippen LogP contribution in [0.25, 0.3) is 59.1 Å². The highest BCUT2D eigenvalue weighted by atomic mass is 32.1. The fraction of sp³-hybridized carbons (Fsp3) is 0.0200. The van der Waals surface area contributed by atoms with E-state index in [2.05, 4.69) is 187 Å². The Morgan fingerprint density at radius 2 is 1.05 bits per heavy atom. The average molecular weight is 739 g/mol. The van der Waals surface area contributed by atoms with Gasteiger partial charge in [0.2, 0.25) is 0 Å². The standard InChI is InChI=1S/C50H34N2OSSi/c1-3-15-39(16-4-1)55(40-17-5-2-6-18-40,41-19-11-13-34(29-41)36-27-28-49-44(31-36)43-21-7-10-24-48(43)54-49)42-20-12-14-35(30-42)37-25-26-38-33-53-50-51-45-22-8-9-23-46(45)52(50)47(38)32-37/h1-32H,33H2. The highest BCUT2D eigenvalue weighted by Gasteiger charge is 2.41. The van der Waals surface area contributed by atoms with E-state index in [1.54, 1.807) is 0 Å². The molecule has 0 amide bonds. The van der Waals surface area contributed by atoms with Crippen molar-refractivity contribution in [1.29, 1.82) is 0 Å². The molecule has 0 saturated carbocycles. The molecule has 0 spiro atoms. The molecule has 0 aliphatic carbocycles. The molecule has 10 aromatic rings. The minimum absolute atomic E-state index is 0.503. The molecule has 260 valence electrons. The van der Waals surface area contributed by atoms with E-state index >= 15 is 0 Å². The number of aromatic nitrogens is 2. The van der Waals surface area contributed by atoms with E-state index in [-0.39, 0.29) is 0 Å². The minimum Gasteiger partial charge on any atom is -0.459 e. The second kappa shape index (κ2) is 12.8. The predicted molar refractivity (Wildman–Crippen MR) is 233 cm³/mol. The molecule has 0 bridgehead atoms. The molecule has 0 radical (unpaired) electrons. The van der Waals surface area contributed by atoms with Crippen LogP contribution < -0.4 is 25.5 Å². The molecule has 0 unspecified atom stereocenters. The number of para-hydroxylation sites is 2. The van der Waals surface area contributed by atoms with E-state index in [1.165, 1.54) is 63.2 Å². The van der Waals surface area contributed by atoms with E-state index in [4.69, 9.17) is 9.72 Å². The van der Waals surface area contributed by atoms with Crippen LogP contribution in [0.2, 0.25) is 0 Å². The summed E-state index contributed by atoms with van der Waals surface area (Å²) >= 11 is 1.87. The molecule has 2 aromatic heterocycles. The Bertz CT molecular complexity index is 3020. The number of fused-ring (bicyclic) bond motifs is 8. The van der Waals surface area contributed by atoms with Crippen LogP contribution >= 0.6 is 11.3 Å². The quantitative estimate of drug-likeness (QED) is 0.126. The van der Waals surface area contributed by atoms with E-state index in [0.717, 1.165) is 22.3 Å². The van der Waals surface area contributed by atoms with Crippen LogP contribution in [0.3, 0.4) is 0 Å². The normalized spacial score (nSPS) is 12.4. The molecule has 55 heavy (non-hydrogen) atoms. The maximum Gasteiger partial charge on any atom is 0.302 e. The summed E-state index contributed by atoms with van der Waals surface area (Å²) in [4.78, 5) is 4.80. The molecule has 5 heteroatoms. The molecule has 1 aliphatic heterocycles. The Balaban J connectivity index is 1.11. The third-order valence-corrected chi connectivity index (χ3v) is 17.2. The Hall–Kier alpha value is -6.53. The lowest BCUT2D eigenvalue weighted by Gasteiger charge is -2.35. The number of nitrogens with zero attached hydrogens (tertiary/aromatic N) is 2. The molecule has 0 N–H and O–H groups in total. The fourth-order valence-corrected chi connectivity index (χ4v) is 14.6. The van der Waals surface area contributed by atoms with Gasteiger partial charge in [-0.25, -0.2) is 0 Å². The zero-order valence-corrected chi connectivity index (χ0v) is 31.7. The average Bonchev–Trinajstić information content (AvgIpc) is 3.83. The van der Waals surface area contributed by atoms with Crippen molar-refractivity contribution in [3.05, 3.63) is 200 Å². The maximum atomic E-state index is 6.13. The first-order valence-corrected chi connectivity index (χ1v) is 21.5. The Kier molecular flexibility index (Phi) is 7.44. The lowest BCUT2D eigenvalue weighted by Crippen LogP contribution is -2.74. The lowest BCUT2D eigenvalue weighted by molar-refractivity contribution is 0.266. The van der Waals surface area contributed by atoms with Crippen molar-refractivity contribution in [3.8, 4) is 34.0 Å². The third-order valence-electron chi connectivity index (χ3n) is 11.3. The lowest BCUT2D eigenvalue weighted by atomic mass is 10.0. The second-order valence-electron chi connectivity index (χ2n) is 14.3. The summed E-state index contributed by atoms with van der Waals surface area (Å²) in [6.45, 7) is 0.503. The van der Waals surface area contributed by atoms with E-state index in [9.17, 15) is 0 Å². The highest BCUT2D eigenvalue weighted by molar-refractivity contribution is 7.25. The van der Waals surface area contributed by atoms with Crippen LogP contribution in [0.15, 0.2) is 194 Å². The molecule has 0 fully saturated rings. The molecule has 11 rings (SSSR count). The van der Waals surface area contributed by atoms with Gasteiger partial charge in [0, 0.05) is 25.7 Å². The van der Waals surface area contributed by atoms with Gasteiger partial charge in [-0.05, 0) is 79.4 Å². The van der Waals surface area contributed by atoms with E-state index in [1.807, 2.05) is 23.5 Å². The van der Waals surface area contributed by atoms with Crippen molar-refractivity contribution in [1.82, 2.24) is 9.55 Å². The van der Waals surface area contributed by atoms with Crippen LogP contribution in [0.1, 0.15) is 5.56 Å². The summed E-state index contributed by atoms with van der Waals surface area (Å²) in [5, 5.41) is 8.04. The number of hydrogen-bond acceptors (Lipinski definition) is 3. The van der Waals surface area contributed by atoms with Crippen molar-refractivity contribution in [2.75, 3.05) is 0 Å². The van der Waals surface area contributed by atoms with Crippen molar-refractivity contribution in [2.24, 2.45) is 0 Å². The first kappa shape index (κ1) is 31.9. The number of imidazole rings is 1. The highest BCUT2D eigenvalue weighted by Crippen LogP contribution is 2.37. The Morgan fingerprint density at radius 1 is 0.473 bits per heavy atom. The van der Waals surface area contributed by atoms with Gasteiger partial charge in [0.1, 0.15) is 6.61 Å². The monoisotopic (exact) mass is 738 g/mol. The van der Waals surface area contributed by atoms with Gasteiger partial charge in [-0.3, -0.25) is 4.57 Å². The number of rotatable bonds is 6. The van der Waals surface area contributed by atoms with Crippen LogP contribution in [-0.2, 0) is 6.61 Å².